The van der Waals surface area contributed by atoms with E-state index in [0.717, 1.165) is 10.7 Å². The Kier molecular flexibility index (Phi) is 5.14. The van der Waals surface area contributed by atoms with Crippen molar-refractivity contribution in [3.8, 4) is 0 Å². The highest BCUT2D eigenvalue weighted by Gasteiger charge is 2.11. The van der Waals surface area contributed by atoms with Crippen LogP contribution < -0.4 is 10.6 Å². The van der Waals surface area contributed by atoms with Crippen molar-refractivity contribution in [1.29, 1.82) is 0 Å². The van der Waals surface area contributed by atoms with Gasteiger partial charge in [0.15, 0.2) is 0 Å². The summed E-state index contributed by atoms with van der Waals surface area (Å²) in [6, 6.07) is -0.218. The Hall–Kier alpha value is -1.20. The van der Waals surface area contributed by atoms with Gasteiger partial charge >= 0.3 is 0 Å². The average Bonchev–Trinajstić information content (AvgIpc) is 2.68. The van der Waals surface area contributed by atoms with E-state index in [4.69, 9.17) is 0 Å². The molecule has 0 aliphatic rings. The first-order chi connectivity index (χ1) is 7.63. The Morgan fingerprint density at radius 2 is 2.50 bits per heavy atom. The summed E-state index contributed by atoms with van der Waals surface area (Å²) in [6.07, 6.45) is 1.66. The Morgan fingerprint density at radius 3 is 3.06 bits per heavy atom. The van der Waals surface area contributed by atoms with Gasteiger partial charge in [-0.2, -0.15) is 0 Å². The van der Waals surface area contributed by atoms with Gasteiger partial charge in [0.25, 0.3) is 0 Å². The summed E-state index contributed by atoms with van der Waals surface area (Å²) >= 11 is 1.60. The maximum Gasteiger partial charge on any atom is 0.237 e. The van der Waals surface area contributed by atoms with E-state index in [1.807, 2.05) is 19.2 Å². The standard InChI is InChI=1S/C11H17N3OS/c1-4-5-12-11(15)9(3)13-6-10-14-8(2)7-16-10/h4,7,9,13H,1,5-6H2,2-3H3,(H,12,15). The molecular weight excluding hydrogens is 222 g/mol. The summed E-state index contributed by atoms with van der Waals surface area (Å²) in [4.78, 5) is 15.8. The number of nitrogens with one attached hydrogen (secondary N) is 2. The largest absolute Gasteiger partial charge is 0.351 e. The molecule has 0 aromatic carbocycles. The third-order valence-corrected chi connectivity index (χ3v) is 3.01. The molecular formula is C11H17N3OS. The molecule has 1 aromatic rings. The van der Waals surface area contributed by atoms with E-state index in [1.165, 1.54) is 0 Å². The van der Waals surface area contributed by atoms with Gasteiger partial charge in [0.1, 0.15) is 5.01 Å². The highest BCUT2D eigenvalue weighted by molar-refractivity contribution is 7.09. The second-order valence-corrected chi connectivity index (χ2v) is 4.46. The molecule has 2 N–H and O–H groups in total. The molecule has 16 heavy (non-hydrogen) atoms. The Bertz CT molecular complexity index is 362. The van der Waals surface area contributed by atoms with Crippen LogP contribution >= 0.6 is 11.3 Å². The van der Waals surface area contributed by atoms with Crippen molar-refractivity contribution in [3.05, 3.63) is 28.7 Å². The number of carbonyl (C=O) groups is 1. The number of aromatic nitrogens is 1. The molecule has 1 rings (SSSR count). The van der Waals surface area contributed by atoms with Crippen LogP contribution in [0.3, 0.4) is 0 Å². The summed E-state index contributed by atoms with van der Waals surface area (Å²) in [7, 11) is 0. The fourth-order valence-electron chi connectivity index (χ4n) is 1.14. The number of thiazole rings is 1. The van der Waals surface area contributed by atoms with Crippen LogP contribution in [0.2, 0.25) is 0 Å². The van der Waals surface area contributed by atoms with E-state index < -0.39 is 0 Å². The van der Waals surface area contributed by atoms with Gasteiger partial charge in [0, 0.05) is 24.2 Å². The number of aryl methyl sites for hydroxylation is 1. The number of carbonyl (C=O) groups excluding carboxylic acids is 1. The van der Waals surface area contributed by atoms with E-state index in [2.05, 4.69) is 22.2 Å². The van der Waals surface area contributed by atoms with Crippen molar-refractivity contribution in [1.82, 2.24) is 15.6 Å². The molecule has 0 fully saturated rings. The SMILES string of the molecule is C=CCNC(=O)C(C)NCc1nc(C)cs1. The number of nitrogens with zero attached hydrogens (tertiary/aromatic N) is 1. The monoisotopic (exact) mass is 239 g/mol. The summed E-state index contributed by atoms with van der Waals surface area (Å²) in [6.45, 7) is 8.46. The average molecular weight is 239 g/mol. The quantitative estimate of drug-likeness (QED) is 0.734. The van der Waals surface area contributed by atoms with Crippen LogP contribution in [-0.2, 0) is 11.3 Å². The fourth-order valence-corrected chi connectivity index (χ4v) is 1.87. The van der Waals surface area contributed by atoms with Gasteiger partial charge in [0.2, 0.25) is 5.91 Å². The van der Waals surface area contributed by atoms with Gasteiger partial charge in [-0.1, -0.05) is 6.08 Å². The molecule has 0 aliphatic carbocycles. The van der Waals surface area contributed by atoms with E-state index in [1.54, 1.807) is 17.4 Å². The van der Waals surface area contributed by atoms with Crippen molar-refractivity contribution in [2.45, 2.75) is 26.4 Å². The molecule has 1 amide bonds. The minimum absolute atomic E-state index is 0.0202. The summed E-state index contributed by atoms with van der Waals surface area (Å²) in [5, 5.41) is 8.86. The summed E-state index contributed by atoms with van der Waals surface area (Å²) in [5.74, 6) is -0.0202. The highest BCUT2D eigenvalue weighted by atomic mass is 32.1. The molecule has 4 nitrogen and oxygen atoms in total. The zero-order valence-electron chi connectivity index (χ0n) is 9.62. The van der Waals surface area contributed by atoms with Crippen LogP contribution in [0.4, 0.5) is 0 Å². The van der Waals surface area contributed by atoms with E-state index in [9.17, 15) is 4.79 Å². The second-order valence-electron chi connectivity index (χ2n) is 3.52. The van der Waals surface area contributed by atoms with Crippen LogP contribution in [0.5, 0.6) is 0 Å². The highest BCUT2D eigenvalue weighted by Crippen LogP contribution is 2.07. The predicted octanol–water partition coefficient (Wildman–Crippen LogP) is 1.23. The molecule has 1 atom stereocenters. The maximum absolute atomic E-state index is 11.5. The van der Waals surface area contributed by atoms with Crippen molar-refractivity contribution in [2.24, 2.45) is 0 Å². The third kappa shape index (κ3) is 4.12. The van der Waals surface area contributed by atoms with Gasteiger partial charge in [-0.3, -0.25) is 10.1 Å². The Labute approximate surface area is 99.8 Å². The lowest BCUT2D eigenvalue weighted by molar-refractivity contribution is -0.122. The first kappa shape index (κ1) is 12.9. The van der Waals surface area contributed by atoms with Crippen molar-refractivity contribution in [2.75, 3.05) is 6.54 Å². The number of hydrogen-bond donors (Lipinski definition) is 2. The van der Waals surface area contributed by atoms with Crippen LogP contribution in [-0.4, -0.2) is 23.5 Å². The smallest absolute Gasteiger partial charge is 0.237 e. The van der Waals surface area contributed by atoms with Crippen molar-refractivity contribution in [3.63, 3.8) is 0 Å². The van der Waals surface area contributed by atoms with E-state index in [-0.39, 0.29) is 11.9 Å². The van der Waals surface area contributed by atoms with E-state index in [0.29, 0.717) is 13.1 Å². The third-order valence-electron chi connectivity index (χ3n) is 2.04. The predicted molar refractivity (Wildman–Crippen MR) is 66.4 cm³/mol. The molecule has 1 unspecified atom stereocenters. The molecule has 88 valence electrons. The van der Waals surface area contributed by atoms with Gasteiger partial charge in [-0.15, -0.1) is 17.9 Å². The zero-order chi connectivity index (χ0) is 12.0. The lowest BCUT2D eigenvalue weighted by Crippen LogP contribution is -2.41. The van der Waals surface area contributed by atoms with Crippen molar-refractivity contribution >= 4 is 17.2 Å². The Balaban J connectivity index is 2.31. The second kappa shape index (κ2) is 6.40. The molecule has 0 aliphatic heterocycles. The minimum Gasteiger partial charge on any atom is -0.351 e. The normalized spacial score (nSPS) is 12.1. The first-order valence-corrected chi connectivity index (χ1v) is 6.04. The maximum atomic E-state index is 11.5. The van der Waals surface area contributed by atoms with Gasteiger partial charge < -0.3 is 5.32 Å². The molecule has 0 bridgehead atoms. The number of rotatable bonds is 6. The van der Waals surface area contributed by atoms with Crippen LogP contribution in [0, 0.1) is 6.92 Å². The van der Waals surface area contributed by atoms with Gasteiger partial charge in [0.05, 0.1) is 6.04 Å². The molecule has 1 aromatic heterocycles. The molecule has 1 heterocycles. The Morgan fingerprint density at radius 1 is 1.75 bits per heavy atom. The van der Waals surface area contributed by atoms with Crippen LogP contribution in [0.1, 0.15) is 17.6 Å². The molecule has 5 heteroatoms. The van der Waals surface area contributed by atoms with E-state index >= 15 is 0 Å². The van der Waals surface area contributed by atoms with Crippen LogP contribution in [0.25, 0.3) is 0 Å². The molecule has 0 saturated heterocycles. The summed E-state index contributed by atoms with van der Waals surface area (Å²) in [5.41, 5.74) is 1.02. The zero-order valence-corrected chi connectivity index (χ0v) is 10.4. The number of amides is 1. The summed E-state index contributed by atoms with van der Waals surface area (Å²) < 4.78 is 0. The van der Waals surface area contributed by atoms with Gasteiger partial charge in [-0.25, -0.2) is 4.98 Å². The lowest BCUT2D eigenvalue weighted by Gasteiger charge is -2.11. The van der Waals surface area contributed by atoms with Gasteiger partial charge in [-0.05, 0) is 13.8 Å². The molecule has 0 radical (unpaired) electrons. The van der Waals surface area contributed by atoms with Crippen molar-refractivity contribution < 1.29 is 4.79 Å². The van der Waals surface area contributed by atoms with Crippen LogP contribution in [0.15, 0.2) is 18.0 Å². The fraction of sp³-hybridized carbons (Fsp3) is 0.455. The topological polar surface area (TPSA) is 54.0 Å². The molecule has 0 spiro atoms. The lowest BCUT2D eigenvalue weighted by atomic mass is 10.3. The molecule has 0 saturated carbocycles. The first-order valence-electron chi connectivity index (χ1n) is 5.16. The minimum atomic E-state index is -0.218. The number of hydrogen-bond acceptors (Lipinski definition) is 4.